The molecule has 2 N–H and O–H groups in total. The minimum atomic E-state index is 0.183. The van der Waals surface area contributed by atoms with E-state index in [1.54, 1.807) is 7.11 Å². The summed E-state index contributed by atoms with van der Waals surface area (Å²) in [7, 11) is 5.75. The quantitative estimate of drug-likeness (QED) is 0.685. The first kappa shape index (κ1) is 14.9. The zero-order chi connectivity index (χ0) is 12.7. The van der Waals surface area contributed by atoms with E-state index >= 15 is 0 Å². The third-order valence-electron chi connectivity index (χ3n) is 4.23. The fourth-order valence-electron chi connectivity index (χ4n) is 2.79. The second-order valence-electron chi connectivity index (χ2n) is 5.13. The molecule has 0 amide bonds. The zero-order valence-electron chi connectivity index (χ0n) is 11.6. The van der Waals surface area contributed by atoms with Crippen molar-refractivity contribution < 1.29 is 9.47 Å². The molecule has 4 nitrogen and oxygen atoms in total. The maximum Gasteiger partial charge on any atom is 0.0572 e. The van der Waals surface area contributed by atoms with Crippen LogP contribution in [0.5, 0.6) is 0 Å². The van der Waals surface area contributed by atoms with Crippen molar-refractivity contribution in [2.75, 3.05) is 41.0 Å². The molecular formula is C13H28N2O2. The Kier molecular flexibility index (Phi) is 6.41. The van der Waals surface area contributed by atoms with Crippen LogP contribution in [0, 0.1) is 0 Å². The van der Waals surface area contributed by atoms with Gasteiger partial charge in [0.15, 0.2) is 0 Å². The summed E-state index contributed by atoms with van der Waals surface area (Å²) in [6.07, 6.45) is 6.05. The molecular weight excluding hydrogens is 216 g/mol. The lowest BCUT2D eigenvalue weighted by molar-refractivity contribution is 0.00120. The molecule has 1 saturated carbocycles. The zero-order valence-corrected chi connectivity index (χ0v) is 11.6. The summed E-state index contributed by atoms with van der Waals surface area (Å²) in [6, 6.07) is 0. The summed E-state index contributed by atoms with van der Waals surface area (Å²) in [4.78, 5) is 2.43. The Morgan fingerprint density at radius 3 is 2.41 bits per heavy atom. The molecule has 0 aromatic heterocycles. The number of hydrogen-bond donors (Lipinski definition) is 1. The molecule has 0 radical (unpaired) electrons. The summed E-state index contributed by atoms with van der Waals surface area (Å²) >= 11 is 0. The maximum atomic E-state index is 6.02. The molecule has 102 valence electrons. The fraction of sp³-hybridized carbons (Fsp3) is 1.00. The molecule has 0 unspecified atom stereocenters. The van der Waals surface area contributed by atoms with Gasteiger partial charge in [-0.15, -0.1) is 0 Å². The maximum absolute atomic E-state index is 6.02. The minimum absolute atomic E-state index is 0.183. The number of hydrogen-bond acceptors (Lipinski definition) is 4. The predicted molar refractivity (Wildman–Crippen MR) is 70.2 cm³/mol. The summed E-state index contributed by atoms with van der Waals surface area (Å²) in [6.45, 7) is 2.63. The van der Waals surface area contributed by atoms with Gasteiger partial charge >= 0.3 is 0 Å². The highest BCUT2D eigenvalue weighted by molar-refractivity contribution is 4.95. The number of likely N-dealkylation sites (N-methyl/N-ethyl adjacent to an activating group) is 1. The Balaban J connectivity index is 2.45. The van der Waals surface area contributed by atoms with Gasteiger partial charge in [0.1, 0.15) is 0 Å². The Labute approximate surface area is 105 Å². The lowest BCUT2D eigenvalue weighted by Gasteiger charge is -2.45. The fourth-order valence-corrected chi connectivity index (χ4v) is 2.79. The van der Waals surface area contributed by atoms with Crippen molar-refractivity contribution >= 4 is 0 Å². The van der Waals surface area contributed by atoms with Crippen molar-refractivity contribution in [3.05, 3.63) is 0 Å². The molecule has 1 fully saturated rings. The average molecular weight is 244 g/mol. The van der Waals surface area contributed by atoms with Gasteiger partial charge in [0, 0.05) is 39.5 Å². The van der Waals surface area contributed by atoms with Crippen LogP contribution >= 0.6 is 0 Å². The molecule has 0 atom stereocenters. The summed E-state index contributed by atoms with van der Waals surface area (Å²) in [5.41, 5.74) is 6.20. The third-order valence-corrected chi connectivity index (χ3v) is 4.23. The topological polar surface area (TPSA) is 47.7 Å². The highest BCUT2D eigenvalue weighted by Crippen LogP contribution is 2.33. The van der Waals surface area contributed by atoms with Crippen LogP contribution in [0.15, 0.2) is 0 Å². The average Bonchev–Trinajstić information content (AvgIpc) is 2.39. The molecule has 0 bridgehead atoms. The van der Waals surface area contributed by atoms with E-state index in [0.717, 1.165) is 51.8 Å². The van der Waals surface area contributed by atoms with Crippen molar-refractivity contribution in [1.82, 2.24) is 4.90 Å². The third kappa shape index (κ3) is 3.91. The standard InChI is InChI=1S/C13H28N2O2/c1-15(9-4-10-16-2)13(11-14)7-5-12(17-3)6-8-13/h12H,4-11,14H2,1-3H3. The van der Waals surface area contributed by atoms with E-state index in [9.17, 15) is 0 Å². The SMILES string of the molecule is COCCCN(C)C1(CN)CCC(OC)CC1. The number of nitrogens with zero attached hydrogens (tertiary/aromatic N) is 1. The smallest absolute Gasteiger partial charge is 0.0572 e. The van der Waals surface area contributed by atoms with E-state index in [-0.39, 0.29) is 5.54 Å². The molecule has 0 saturated heterocycles. The van der Waals surface area contributed by atoms with Gasteiger partial charge in [0.25, 0.3) is 0 Å². The molecule has 1 rings (SSSR count). The Morgan fingerprint density at radius 1 is 1.29 bits per heavy atom. The lowest BCUT2D eigenvalue weighted by Crippen LogP contribution is -2.55. The molecule has 1 aliphatic rings. The number of ether oxygens (including phenoxy) is 2. The van der Waals surface area contributed by atoms with Gasteiger partial charge < -0.3 is 15.2 Å². The number of methoxy groups -OCH3 is 2. The van der Waals surface area contributed by atoms with Crippen LogP contribution in [0.3, 0.4) is 0 Å². The highest BCUT2D eigenvalue weighted by atomic mass is 16.5. The van der Waals surface area contributed by atoms with E-state index in [4.69, 9.17) is 15.2 Å². The first-order valence-electron chi connectivity index (χ1n) is 6.61. The minimum Gasteiger partial charge on any atom is -0.385 e. The Hall–Kier alpha value is -0.160. The number of nitrogens with two attached hydrogens (primary N) is 1. The van der Waals surface area contributed by atoms with Gasteiger partial charge in [-0.1, -0.05) is 0 Å². The first-order chi connectivity index (χ1) is 8.18. The van der Waals surface area contributed by atoms with Crippen molar-refractivity contribution in [2.45, 2.75) is 43.7 Å². The summed E-state index contributed by atoms with van der Waals surface area (Å²) in [5.74, 6) is 0. The van der Waals surface area contributed by atoms with Gasteiger partial charge in [-0.3, -0.25) is 4.90 Å². The van der Waals surface area contributed by atoms with Crippen molar-refractivity contribution in [1.29, 1.82) is 0 Å². The largest absolute Gasteiger partial charge is 0.385 e. The van der Waals surface area contributed by atoms with E-state index in [2.05, 4.69) is 11.9 Å². The Bertz CT molecular complexity index is 204. The molecule has 0 spiro atoms. The van der Waals surface area contributed by atoms with Gasteiger partial charge in [-0.2, -0.15) is 0 Å². The molecule has 17 heavy (non-hydrogen) atoms. The van der Waals surface area contributed by atoms with E-state index in [1.165, 1.54) is 0 Å². The Morgan fingerprint density at radius 2 is 1.94 bits per heavy atom. The van der Waals surface area contributed by atoms with E-state index in [1.807, 2.05) is 7.11 Å². The van der Waals surface area contributed by atoms with Gasteiger partial charge in [0.05, 0.1) is 6.10 Å². The van der Waals surface area contributed by atoms with Crippen LogP contribution in [0.2, 0.25) is 0 Å². The summed E-state index contributed by atoms with van der Waals surface area (Å²) in [5, 5.41) is 0. The van der Waals surface area contributed by atoms with Crippen molar-refractivity contribution in [3.8, 4) is 0 Å². The molecule has 0 heterocycles. The molecule has 1 aliphatic carbocycles. The van der Waals surface area contributed by atoms with Gasteiger partial charge in [-0.05, 0) is 39.2 Å². The lowest BCUT2D eigenvalue weighted by atomic mass is 9.79. The van der Waals surface area contributed by atoms with Crippen molar-refractivity contribution in [3.63, 3.8) is 0 Å². The van der Waals surface area contributed by atoms with Gasteiger partial charge in [-0.25, -0.2) is 0 Å². The highest BCUT2D eigenvalue weighted by Gasteiger charge is 2.37. The number of rotatable bonds is 7. The monoisotopic (exact) mass is 244 g/mol. The second kappa shape index (κ2) is 7.31. The molecule has 4 heteroatoms. The van der Waals surface area contributed by atoms with Crippen molar-refractivity contribution in [2.24, 2.45) is 5.73 Å². The van der Waals surface area contributed by atoms with Crippen LogP contribution in [0.25, 0.3) is 0 Å². The van der Waals surface area contributed by atoms with Crippen LogP contribution in [0.4, 0.5) is 0 Å². The first-order valence-corrected chi connectivity index (χ1v) is 6.61. The van der Waals surface area contributed by atoms with Gasteiger partial charge in [0.2, 0.25) is 0 Å². The second-order valence-corrected chi connectivity index (χ2v) is 5.13. The molecule has 0 aromatic carbocycles. The summed E-state index contributed by atoms with van der Waals surface area (Å²) < 4.78 is 10.5. The normalized spacial score (nSPS) is 29.8. The van der Waals surface area contributed by atoms with E-state index < -0.39 is 0 Å². The van der Waals surface area contributed by atoms with Crippen LogP contribution in [-0.4, -0.2) is 57.5 Å². The predicted octanol–water partition coefficient (Wildman–Crippen LogP) is 1.24. The van der Waals surface area contributed by atoms with E-state index in [0.29, 0.717) is 6.10 Å². The van der Waals surface area contributed by atoms with Crippen LogP contribution < -0.4 is 5.73 Å². The molecule has 0 aromatic rings. The molecule has 0 aliphatic heterocycles. The van der Waals surface area contributed by atoms with Crippen LogP contribution in [-0.2, 0) is 9.47 Å². The van der Waals surface area contributed by atoms with Crippen LogP contribution in [0.1, 0.15) is 32.1 Å².